The van der Waals surface area contributed by atoms with Gasteiger partial charge in [0, 0.05) is 30.7 Å². The Balaban J connectivity index is 1.88. The van der Waals surface area contributed by atoms with Gasteiger partial charge in [0.05, 0.1) is 11.6 Å². The summed E-state index contributed by atoms with van der Waals surface area (Å²) < 4.78 is 15.1. The van der Waals surface area contributed by atoms with E-state index in [9.17, 15) is 9.18 Å². The first-order valence-corrected chi connectivity index (χ1v) is 6.66. The lowest BCUT2D eigenvalue weighted by atomic mass is 10.1. The van der Waals surface area contributed by atoms with Gasteiger partial charge in [-0.15, -0.1) is 0 Å². The molecule has 1 unspecified atom stereocenters. The molecule has 0 saturated carbocycles. The molecule has 1 atom stereocenters. The maximum atomic E-state index is 12.8. The SMILES string of the molecule is Cc1ccc2n1CCN(C(=O)c1ccc(F)nc1)C2C. The molecule has 4 nitrogen and oxygen atoms in total. The monoisotopic (exact) mass is 273 g/mol. The molecule has 0 aliphatic carbocycles. The maximum Gasteiger partial charge on any atom is 0.256 e. The van der Waals surface area contributed by atoms with Gasteiger partial charge in [0.1, 0.15) is 0 Å². The fourth-order valence-electron chi connectivity index (χ4n) is 2.77. The van der Waals surface area contributed by atoms with Gasteiger partial charge in [-0.25, -0.2) is 4.98 Å². The van der Waals surface area contributed by atoms with E-state index < -0.39 is 5.95 Å². The molecular weight excluding hydrogens is 257 g/mol. The van der Waals surface area contributed by atoms with Gasteiger partial charge in [0.2, 0.25) is 5.95 Å². The standard InChI is InChI=1S/C15H16FN3O/c1-10-3-5-13-11(2)19(8-7-18(10)13)15(20)12-4-6-14(16)17-9-12/h3-6,9,11H,7-8H2,1-2H3. The summed E-state index contributed by atoms with van der Waals surface area (Å²) in [5.74, 6) is -0.673. The number of nitrogens with zero attached hydrogens (tertiary/aromatic N) is 3. The van der Waals surface area contributed by atoms with Crippen molar-refractivity contribution in [3.63, 3.8) is 0 Å². The molecule has 1 aliphatic rings. The van der Waals surface area contributed by atoms with Crippen LogP contribution in [0.15, 0.2) is 30.5 Å². The third-order valence-electron chi connectivity index (χ3n) is 3.93. The number of aromatic nitrogens is 2. The number of rotatable bonds is 1. The predicted octanol–water partition coefficient (Wildman–Crippen LogP) is 2.55. The number of aryl methyl sites for hydroxylation is 1. The van der Waals surface area contributed by atoms with E-state index in [-0.39, 0.29) is 11.9 Å². The average Bonchev–Trinajstić information content (AvgIpc) is 2.82. The number of carbonyl (C=O) groups excluding carboxylic acids is 1. The highest BCUT2D eigenvalue weighted by atomic mass is 19.1. The molecule has 2 aromatic heterocycles. The zero-order chi connectivity index (χ0) is 14.3. The fourth-order valence-corrected chi connectivity index (χ4v) is 2.77. The molecule has 0 spiro atoms. The van der Waals surface area contributed by atoms with Gasteiger partial charge in [-0.2, -0.15) is 4.39 Å². The summed E-state index contributed by atoms with van der Waals surface area (Å²) in [4.78, 5) is 17.9. The summed E-state index contributed by atoms with van der Waals surface area (Å²) >= 11 is 0. The third-order valence-corrected chi connectivity index (χ3v) is 3.93. The van der Waals surface area contributed by atoms with Crippen LogP contribution in [0.5, 0.6) is 0 Å². The summed E-state index contributed by atoms with van der Waals surface area (Å²) in [7, 11) is 0. The van der Waals surface area contributed by atoms with Crippen LogP contribution in [-0.4, -0.2) is 26.9 Å². The largest absolute Gasteiger partial charge is 0.345 e. The average molecular weight is 273 g/mol. The van der Waals surface area contributed by atoms with Crippen molar-refractivity contribution in [2.75, 3.05) is 6.54 Å². The first-order valence-electron chi connectivity index (χ1n) is 6.66. The number of fused-ring (bicyclic) bond motifs is 1. The first-order chi connectivity index (χ1) is 9.58. The highest BCUT2D eigenvalue weighted by Gasteiger charge is 2.29. The smallest absolute Gasteiger partial charge is 0.256 e. The minimum Gasteiger partial charge on any atom is -0.345 e. The second kappa shape index (κ2) is 4.74. The Morgan fingerprint density at radius 1 is 1.30 bits per heavy atom. The Hall–Kier alpha value is -2.17. The highest BCUT2D eigenvalue weighted by molar-refractivity contribution is 5.94. The van der Waals surface area contributed by atoms with Crippen molar-refractivity contribution in [2.24, 2.45) is 0 Å². The Bertz CT molecular complexity index is 648. The van der Waals surface area contributed by atoms with E-state index in [0.29, 0.717) is 12.1 Å². The molecule has 0 N–H and O–H groups in total. The number of hydrogen-bond donors (Lipinski definition) is 0. The van der Waals surface area contributed by atoms with Gasteiger partial charge in [-0.1, -0.05) is 0 Å². The molecule has 3 heterocycles. The van der Waals surface area contributed by atoms with Gasteiger partial charge in [-0.3, -0.25) is 4.79 Å². The van der Waals surface area contributed by atoms with Crippen LogP contribution >= 0.6 is 0 Å². The van der Waals surface area contributed by atoms with Gasteiger partial charge >= 0.3 is 0 Å². The summed E-state index contributed by atoms with van der Waals surface area (Å²) in [6.07, 6.45) is 1.29. The van der Waals surface area contributed by atoms with Gasteiger partial charge in [-0.05, 0) is 38.1 Å². The second-order valence-corrected chi connectivity index (χ2v) is 5.10. The van der Waals surface area contributed by atoms with Crippen molar-refractivity contribution in [1.29, 1.82) is 0 Å². The molecule has 1 aliphatic heterocycles. The molecule has 3 rings (SSSR count). The summed E-state index contributed by atoms with van der Waals surface area (Å²) in [6.45, 7) is 5.52. The predicted molar refractivity (Wildman–Crippen MR) is 72.8 cm³/mol. The number of hydrogen-bond acceptors (Lipinski definition) is 2. The topological polar surface area (TPSA) is 38.1 Å². The van der Waals surface area contributed by atoms with E-state index >= 15 is 0 Å². The Labute approximate surface area is 116 Å². The fraction of sp³-hybridized carbons (Fsp3) is 0.333. The number of halogens is 1. The highest BCUT2D eigenvalue weighted by Crippen LogP contribution is 2.28. The minimum absolute atomic E-state index is 0.00926. The molecule has 0 saturated heterocycles. The maximum absolute atomic E-state index is 12.8. The van der Waals surface area contributed by atoms with Crippen LogP contribution in [-0.2, 0) is 6.54 Å². The van der Waals surface area contributed by atoms with E-state index in [1.165, 1.54) is 24.0 Å². The quantitative estimate of drug-likeness (QED) is 0.749. The van der Waals surface area contributed by atoms with Gasteiger partial charge in [0.25, 0.3) is 5.91 Å². The van der Waals surface area contributed by atoms with Gasteiger partial charge < -0.3 is 9.47 Å². The number of amides is 1. The van der Waals surface area contributed by atoms with Crippen molar-refractivity contribution >= 4 is 5.91 Å². The minimum atomic E-state index is -0.572. The molecule has 1 amide bonds. The van der Waals surface area contributed by atoms with Crippen molar-refractivity contribution < 1.29 is 9.18 Å². The van der Waals surface area contributed by atoms with Crippen molar-refractivity contribution in [2.45, 2.75) is 26.4 Å². The van der Waals surface area contributed by atoms with Crippen LogP contribution < -0.4 is 0 Å². The normalized spacial score (nSPS) is 17.9. The molecule has 0 bridgehead atoms. The van der Waals surface area contributed by atoms with Crippen molar-refractivity contribution in [1.82, 2.24) is 14.5 Å². The van der Waals surface area contributed by atoms with E-state index in [1.54, 1.807) is 0 Å². The van der Waals surface area contributed by atoms with Gasteiger partial charge in [0.15, 0.2) is 0 Å². The van der Waals surface area contributed by atoms with Crippen LogP contribution in [0.25, 0.3) is 0 Å². The lowest BCUT2D eigenvalue weighted by Crippen LogP contribution is -2.41. The summed E-state index contributed by atoms with van der Waals surface area (Å²) in [6, 6.07) is 6.84. The summed E-state index contributed by atoms with van der Waals surface area (Å²) in [5.41, 5.74) is 2.77. The van der Waals surface area contributed by atoms with Crippen molar-refractivity contribution in [3.8, 4) is 0 Å². The number of carbonyl (C=O) groups is 1. The zero-order valence-electron chi connectivity index (χ0n) is 11.5. The molecule has 0 aromatic carbocycles. The zero-order valence-corrected chi connectivity index (χ0v) is 11.5. The Morgan fingerprint density at radius 3 is 2.80 bits per heavy atom. The van der Waals surface area contributed by atoms with E-state index in [1.807, 2.05) is 11.8 Å². The van der Waals surface area contributed by atoms with E-state index in [4.69, 9.17) is 0 Å². The van der Waals surface area contributed by atoms with E-state index in [2.05, 4.69) is 28.6 Å². The first kappa shape index (κ1) is 12.8. The molecule has 20 heavy (non-hydrogen) atoms. The number of pyridine rings is 1. The Kier molecular flexibility index (Phi) is 3.04. The summed E-state index contributed by atoms with van der Waals surface area (Å²) in [5, 5.41) is 0. The van der Waals surface area contributed by atoms with E-state index in [0.717, 1.165) is 12.2 Å². The molecular formula is C15H16FN3O. The van der Waals surface area contributed by atoms with Crippen LogP contribution in [0.4, 0.5) is 4.39 Å². The van der Waals surface area contributed by atoms with Crippen LogP contribution in [0.3, 0.4) is 0 Å². The molecule has 5 heteroatoms. The van der Waals surface area contributed by atoms with Crippen LogP contribution in [0, 0.1) is 12.9 Å². The second-order valence-electron chi connectivity index (χ2n) is 5.10. The lowest BCUT2D eigenvalue weighted by molar-refractivity contribution is 0.0642. The molecule has 104 valence electrons. The van der Waals surface area contributed by atoms with Crippen LogP contribution in [0.1, 0.15) is 34.7 Å². The lowest BCUT2D eigenvalue weighted by Gasteiger charge is -2.35. The van der Waals surface area contributed by atoms with Crippen molar-refractivity contribution in [3.05, 3.63) is 53.4 Å². The third kappa shape index (κ3) is 1.99. The van der Waals surface area contributed by atoms with Crippen LogP contribution in [0.2, 0.25) is 0 Å². The molecule has 0 radical (unpaired) electrons. The molecule has 2 aromatic rings. The molecule has 0 fully saturated rings. The Morgan fingerprint density at radius 2 is 2.10 bits per heavy atom.